The maximum absolute atomic E-state index is 13.9. The average Bonchev–Trinajstić information content (AvgIpc) is 3.11. The number of amides is 4. The third-order valence-electron chi connectivity index (χ3n) is 8.78. The summed E-state index contributed by atoms with van der Waals surface area (Å²) >= 11 is 0. The number of hydrogen-bond acceptors (Lipinski definition) is 9. The van der Waals surface area contributed by atoms with Crippen LogP contribution in [0.15, 0.2) is 72.8 Å². The minimum absolute atomic E-state index is 0.0302. The first-order valence-corrected chi connectivity index (χ1v) is 17.6. The van der Waals surface area contributed by atoms with Crippen molar-refractivity contribution in [1.29, 1.82) is 0 Å². The molecule has 0 aliphatic rings. The van der Waals surface area contributed by atoms with Gasteiger partial charge in [-0.1, -0.05) is 102 Å². The van der Waals surface area contributed by atoms with Gasteiger partial charge in [-0.05, 0) is 47.3 Å². The SMILES string of the molecule is COC(=O)NC(C(=O)NC(Cc1ccc(-c2cccc(OC)n2)cc1)CC(O)C(Cc1ccccc1)NC(=O)[C@@H](NC(=O)OC)C(C)(C)C)C(C)(C)C. The summed E-state index contributed by atoms with van der Waals surface area (Å²) in [6, 6.07) is 19.2. The van der Waals surface area contributed by atoms with Crippen LogP contribution in [-0.2, 0) is 31.9 Å². The Bertz CT molecular complexity index is 1650. The van der Waals surface area contributed by atoms with Crippen molar-refractivity contribution in [3.63, 3.8) is 0 Å². The van der Waals surface area contributed by atoms with Crippen molar-refractivity contribution in [3.05, 3.63) is 83.9 Å². The van der Waals surface area contributed by atoms with Crippen molar-refractivity contribution >= 4 is 24.0 Å². The van der Waals surface area contributed by atoms with E-state index in [0.717, 1.165) is 22.4 Å². The number of ether oxygens (including phenoxy) is 3. The Balaban J connectivity index is 1.97. The van der Waals surface area contributed by atoms with E-state index in [4.69, 9.17) is 14.2 Å². The quantitative estimate of drug-likeness (QED) is 0.147. The molecular formula is C40H55N5O8. The van der Waals surface area contributed by atoms with Gasteiger partial charge in [0.1, 0.15) is 12.1 Å². The van der Waals surface area contributed by atoms with Crippen LogP contribution in [0.3, 0.4) is 0 Å². The highest BCUT2D eigenvalue weighted by Gasteiger charge is 2.37. The van der Waals surface area contributed by atoms with E-state index in [2.05, 4.69) is 26.3 Å². The predicted molar refractivity (Wildman–Crippen MR) is 202 cm³/mol. The molecule has 0 saturated heterocycles. The van der Waals surface area contributed by atoms with E-state index in [1.165, 1.54) is 14.2 Å². The van der Waals surface area contributed by atoms with E-state index in [9.17, 15) is 24.3 Å². The molecular weight excluding hydrogens is 678 g/mol. The van der Waals surface area contributed by atoms with Gasteiger partial charge in [-0.25, -0.2) is 14.6 Å². The number of benzene rings is 2. The number of hydrogen-bond donors (Lipinski definition) is 5. The number of aliphatic hydroxyl groups is 1. The standard InChI is InChI=1S/C40H55N5O8/c1-39(2,3)33(44-37(49)52-8)35(47)41-28(22-26-18-20-27(21-19-26)29-16-13-17-32(42-29)51-7)24-31(46)30(23-25-14-11-10-12-15-25)43-36(48)34(40(4,5)6)45-38(50)53-9/h10-21,28,30-31,33-34,46H,22-24H2,1-9H3,(H,41,47)(H,43,48)(H,44,49)(H,45,50)/t28?,30?,31?,33?,34-/m1/s1. The summed E-state index contributed by atoms with van der Waals surface area (Å²) in [5.74, 6) is -0.472. The minimum Gasteiger partial charge on any atom is -0.481 e. The molecule has 2 aromatic carbocycles. The second kappa shape index (κ2) is 19.1. The van der Waals surface area contributed by atoms with Crippen LogP contribution in [0.2, 0.25) is 0 Å². The summed E-state index contributed by atoms with van der Waals surface area (Å²) in [6.07, 6.45) is -2.07. The lowest BCUT2D eigenvalue weighted by atomic mass is 9.85. The monoisotopic (exact) mass is 733 g/mol. The zero-order valence-electron chi connectivity index (χ0n) is 32.2. The predicted octanol–water partition coefficient (Wildman–Crippen LogP) is 4.80. The molecule has 53 heavy (non-hydrogen) atoms. The molecule has 5 N–H and O–H groups in total. The van der Waals surface area contributed by atoms with Crippen molar-refractivity contribution in [2.45, 2.75) is 91.1 Å². The number of aromatic nitrogens is 1. The summed E-state index contributed by atoms with van der Waals surface area (Å²) in [4.78, 5) is 56.6. The molecule has 13 nitrogen and oxygen atoms in total. The fourth-order valence-corrected chi connectivity index (χ4v) is 5.84. The van der Waals surface area contributed by atoms with Gasteiger partial charge in [0, 0.05) is 17.7 Å². The van der Waals surface area contributed by atoms with E-state index >= 15 is 0 Å². The zero-order valence-corrected chi connectivity index (χ0v) is 32.2. The van der Waals surface area contributed by atoms with Gasteiger partial charge in [0.05, 0.1) is 39.2 Å². The van der Waals surface area contributed by atoms with Crippen molar-refractivity contribution < 1.29 is 38.5 Å². The molecule has 1 aromatic heterocycles. The van der Waals surface area contributed by atoms with E-state index in [0.29, 0.717) is 12.3 Å². The van der Waals surface area contributed by atoms with E-state index in [1.54, 1.807) is 13.2 Å². The number of carbonyl (C=O) groups is 4. The Labute approximate surface area is 312 Å². The van der Waals surface area contributed by atoms with Gasteiger partial charge in [0.2, 0.25) is 17.7 Å². The molecule has 0 radical (unpaired) electrons. The summed E-state index contributed by atoms with van der Waals surface area (Å²) < 4.78 is 14.8. The van der Waals surface area contributed by atoms with Gasteiger partial charge in [0.25, 0.3) is 0 Å². The smallest absolute Gasteiger partial charge is 0.407 e. The van der Waals surface area contributed by atoms with Gasteiger partial charge in [0.15, 0.2) is 0 Å². The molecule has 0 aliphatic heterocycles. The van der Waals surface area contributed by atoms with Gasteiger partial charge in [-0.15, -0.1) is 0 Å². The third kappa shape index (κ3) is 13.1. The fourth-order valence-electron chi connectivity index (χ4n) is 5.84. The molecule has 4 amide bonds. The molecule has 1 heterocycles. The van der Waals surface area contributed by atoms with Crippen LogP contribution >= 0.6 is 0 Å². The number of nitrogens with one attached hydrogen (secondary N) is 4. The Morgan fingerprint density at radius 1 is 0.660 bits per heavy atom. The number of carbonyl (C=O) groups excluding carboxylic acids is 4. The summed E-state index contributed by atoms with van der Waals surface area (Å²) in [7, 11) is 4.00. The molecule has 5 atom stereocenters. The first kappa shape index (κ1) is 42.2. The molecule has 0 spiro atoms. The minimum atomic E-state index is -1.16. The molecule has 0 saturated carbocycles. The molecule has 0 bridgehead atoms. The Kier molecular flexibility index (Phi) is 15.2. The van der Waals surface area contributed by atoms with E-state index in [1.807, 2.05) is 108 Å². The lowest BCUT2D eigenvalue weighted by Gasteiger charge is -2.34. The number of pyridine rings is 1. The van der Waals surface area contributed by atoms with Crippen LogP contribution in [0.1, 0.15) is 59.1 Å². The van der Waals surface area contributed by atoms with Gasteiger partial charge >= 0.3 is 12.2 Å². The molecule has 4 unspecified atom stereocenters. The van der Waals surface area contributed by atoms with Crippen LogP contribution in [0.4, 0.5) is 9.59 Å². The van der Waals surface area contributed by atoms with Crippen LogP contribution in [0.5, 0.6) is 5.88 Å². The summed E-state index contributed by atoms with van der Waals surface area (Å²) in [6.45, 7) is 10.9. The fraction of sp³-hybridized carbons (Fsp3) is 0.475. The van der Waals surface area contributed by atoms with Gasteiger partial charge in [-0.3, -0.25) is 9.59 Å². The Hall–Kier alpha value is -5.17. The van der Waals surface area contributed by atoms with Crippen molar-refractivity contribution in [1.82, 2.24) is 26.3 Å². The third-order valence-corrected chi connectivity index (χ3v) is 8.78. The highest BCUT2D eigenvalue weighted by molar-refractivity contribution is 5.87. The number of alkyl carbamates (subject to hydrolysis) is 2. The van der Waals surface area contributed by atoms with Crippen LogP contribution in [-0.4, -0.2) is 85.7 Å². The first-order chi connectivity index (χ1) is 24.9. The molecule has 0 fully saturated rings. The molecule has 3 aromatic rings. The van der Waals surface area contributed by atoms with E-state index in [-0.39, 0.29) is 12.8 Å². The summed E-state index contributed by atoms with van der Waals surface area (Å²) in [5, 5.41) is 23.2. The highest BCUT2D eigenvalue weighted by Crippen LogP contribution is 2.24. The maximum atomic E-state index is 13.9. The zero-order chi connectivity index (χ0) is 39.3. The van der Waals surface area contributed by atoms with E-state index < -0.39 is 65.1 Å². The van der Waals surface area contributed by atoms with Gasteiger partial charge < -0.3 is 40.6 Å². The Morgan fingerprint density at radius 3 is 1.70 bits per heavy atom. The highest BCUT2D eigenvalue weighted by atomic mass is 16.5. The molecule has 0 aliphatic carbocycles. The second-order valence-electron chi connectivity index (χ2n) is 15.1. The number of nitrogens with zero attached hydrogens (tertiary/aromatic N) is 1. The van der Waals surface area contributed by atoms with Gasteiger partial charge in [-0.2, -0.15) is 0 Å². The number of rotatable bonds is 15. The molecule has 288 valence electrons. The van der Waals surface area contributed by atoms with Crippen LogP contribution < -0.4 is 26.0 Å². The van der Waals surface area contributed by atoms with Crippen molar-refractivity contribution in [2.24, 2.45) is 10.8 Å². The molecule has 13 heteroatoms. The average molecular weight is 734 g/mol. The lowest BCUT2D eigenvalue weighted by Crippen LogP contribution is -2.59. The first-order valence-electron chi connectivity index (χ1n) is 17.6. The maximum Gasteiger partial charge on any atom is 0.407 e. The number of aliphatic hydroxyl groups excluding tert-OH is 1. The summed E-state index contributed by atoms with van der Waals surface area (Å²) in [5.41, 5.74) is 1.93. The van der Waals surface area contributed by atoms with Crippen molar-refractivity contribution in [3.8, 4) is 17.1 Å². The second-order valence-corrected chi connectivity index (χ2v) is 15.1. The van der Waals surface area contributed by atoms with Crippen molar-refractivity contribution in [2.75, 3.05) is 21.3 Å². The lowest BCUT2D eigenvalue weighted by molar-refractivity contribution is -0.128. The van der Waals surface area contributed by atoms with Crippen LogP contribution in [0.25, 0.3) is 11.3 Å². The number of methoxy groups -OCH3 is 3. The normalized spacial score (nSPS) is 14.4. The Morgan fingerprint density at radius 2 is 1.19 bits per heavy atom. The molecule has 3 rings (SSSR count). The topological polar surface area (TPSA) is 177 Å². The van der Waals surface area contributed by atoms with Crippen LogP contribution in [0, 0.1) is 10.8 Å². The largest absolute Gasteiger partial charge is 0.481 e.